The molecule has 28 heavy (non-hydrogen) atoms. The number of ether oxygens (including phenoxy) is 1. The van der Waals surface area contributed by atoms with E-state index in [1.807, 2.05) is 13.0 Å². The largest absolute Gasteiger partial charge is 0.462 e. The summed E-state index contributed by atoms with van der Waals surface area (Å²) in [6.45, 7) is 13.9. The molecule has 1 aromatic rings. The van der Waals surface area contributed by atoms with Crippen LogP contribution in [0.4, 0.5) is 0 Å². The van der Waals surface area contributed by atoms with Crippen molar-refractivity contribution in [1.29, 1.82) is 0 Å². The van der Waals surface area contributed by atoms with Crippen molar-refractivity contribution in [3.8, 4) is 0 Å². The fourth-order valence-corrected chi connectivity index (χ4v) is 5.39. The standard InChI is InChI=1S/C23H37BN2O2/c1-7-10-12-24(13-11-8-2)25-17-19(22(27)28-9-3)14-20(25)15-21-16-23(5,6)18(4)26(21)24/h14-15,17H,7-13,16H2,1-6H3. The molecule has 0 aliphatic carbocycles. The Hall–Kier alpha value is -1.78. The van der Waals surface area contributed by atoms with Crippen LogP contribution in [-0.2, 0) is 4.74 Å². The Kier molecular flexibility index (Phi) is 5.93. The molecule has 0 N–H and O–H groups in total. The van der Waals surface area contributed by atoms with Crippen molar-refractivity contribution in [2.75, 3.05) is 6.61 Å². The molecule has 3 rings (SSSR count). The van der Waals surface area contributed by atoms with Crippen molar-refractivity contribution in [3.63, 3.8) is 0 Å². The van der Waals surface area contributed by atoms with Gasteiger partial charge in [-0.15, -0.1) is 0 Å². The Labute approximate surface area is 170 Å². The lowest BCUT2D eigenvalue weighted by Gasteiger charge is -2.42. The summed E-state index contributed by atoms with van der Waals surface area (Å²) in [5.41, 5.74) is 4.95. The van der Waals surface area contributed by atoms with Gasteiger partial charge in [-0.2, -0.15) is 0 Å². The normalized spacial score (nSPS) is 19.3. The molecule has 154 valence electrons. The molecule has 4 nitrogen and oxygen atoms in total. The van der Waals surface area contributed by atoms with E-state index in [2.05, 4.69) is 55.9 Å². The van der Waals surface area contributed by atoms with Gasteiger partial charge in [-0.05, 0) is 33.0 Å². The molecule has 5 heteroatoms. The van der Waals surface area contributed by atoms with E-state index in [0.717, 1.165) is 19.1 Å². The Morgan fingerprint density at radius 3 is 2.43 bits per heavy atom. The minimum Gasteiger partial charge on any atom is -0.462 e. The van der Waals surface area contributed by atoms with Crippen LogP contribution in [0.25, 0.3) is 6.08 Å². The maximum absolute atomic E-state index is 12.4. The van der Waals surface area contributed by atoms with E-state index in [0.29, 0.717) is 12.2 Å². The number of unbranched alkanes of at least 4 members (excludes halogenated alkanes) is 2. The van der Waals surface area contributed by atoms with Gasteiger partial charge >= 0.3 is 12.4 Å². The smallest absolute Gasteiger partial charge is 0.378 e. The number of carbonyl (C=O) groups excluding carboxylic acids is 1. The summed E-state index contributed by atoms with van der Waals surface area (Å²) < 4.78 is 10.4. The molecule has 3 heterocycles. The topological polar surface area (TPSA) is 34.2 Å². The highest BCUT2D eigenvalue weighted by Gasteiger charge is 2.51. The lowest BCUT2D eigenvalue weighted by molar-refractivity contribution is -0.342. The zero-order valence-electron chi connectivity index (χ0n) is 18.7. The second-order valence-electron chi connectivity index (χ2n) is 9.35. The monoisotopic (exact) mass is 384 g/mol. The lowest BCUT2D eigenvalue weighted by atomic mass is 9.38. The molecule has 0 radical (unpaired) electrons. The van der Waals surface area contributed by atoms with Crippen molar-refractivity contribution in [2.24, 2.45) is 5.41 Å². The van der Waals surface area contributed by atoms with Crippen LogP contribution >= 0.6 is 0 Å². The molecule has 0 fully saturated rings. The SMILES string of the molecule is CCCC[B-]1(CCCC)n2cc(C(=O)OCC)cc2C=C2CC(C)(C)C(C)=[N+]21. The van der Waals surface area contributed by atoms with Gasteiger partial charge in [0.05, 0.1) is 12.2 Å². The molecule has 2 aliphatic heterocycles. The summed E-state index contributed by atoms with van der Waals surface area (Å²) >= 11 is 0. The third-order valence-corrected chi connectivity index (χ3v) is 7.02. The van der Waals surface area contributed by atoms with E-state index in [4.69, 9.17) is 4.74 Å². The molecule has 0 amide bonds. The van der Waals surface area contributed by atoms with Crippen LogP contribution < -0.4 is 0 Å². The summed E-state index contributed by atoms with van der Waals surface area (Å²) in [6, 6.07) is 2.04. The predicted octanol–water partition coefficient (Wildman–Crippen LogP) is 5.81. The molecule has 1 aromatic heterocycles. The first-order valence-corrected chi connectivity index (χ1v) is 11.2. The molecule has 2 aliphatic rings. The first-order valence-electron chi connectivity index (χ1n) is 11.2. The van der Waals surface area contributed by atoms with Crippen LogP contribution in [0.2, 0.25) is 12.6 Å². The number of carbonyl (C=O) groups is 1. The lowest BCUT2D eigenvalue weighted by Crippen LogP contribution is -2.56. The van der Waals surface area contributed by atoms with E-state index in [-0.39, 0.29) is 11.4 Å². The number of allylic oxidation sites excluding steroid dienone is 1. The Balaban J connectivity index is 2.21. The quantitative estimate of drug-likeness (QED) is 0.418. The highest BCUT2D eigenvalue weighted by molar-refractivity contribution is 6.72. The van der Waals surface area contributed by atoms with Crippen LogP contribution in [0.3, 0.4) is 0 Å². The maximum atomic E-state index is 12.4. The van der Waals surface area contributed by atoms with Gasteiger partial charge in [-0.3, -0.25) is 0 Å². The highest BCUT2D eigenvalue weighted by atomic mass is 16.5. The van der Waals surface area contributed by atoms with Gasteiger partial charge in [-0.1, -0.05) is 52.2 Å². The fourth-order valence-electron chi connectivity index (χ4n) is 5.39. The highest BCUT2D eigenvalue weighted by Crippen LogP contribution is 2.44. The van der Waals surface area contributed by atoms with Gasteiger partial charge in [0.2, 0.25) is 0 Å². The Bertz CT molecular complexity index is 809. The van der Waals surface area contributed by atoms with Crippen LogP contribution in [0.5, 0.6) is 0 Å². The number of rotatable bonds is 8. The number of hydrogen-bond acceptors (Lipinski definition) is 2. The van der Waals surface area contributed by atoms with E-state index in [9.17, 15) is 4.79 Å². The number of hydrogen-bond donors (Lipinski definition) is 0. The molecule has 0 unspecified atom stereocenters. The van der Waals surface area contributed by atoms with E-state index in [1.165, 1.54) is 42.8 Å². The second-order valence-corrected chi connectivity index (χ2v) is 9.35. The maximum Gasteiger partial charge on any atom is 0.378 e. The number of aromatic nitrogens is 1. The minimum absolute atomic E-state index is 0.186. The minimum atomic E-state index is -0.982. The van der Waals surface area contributed by atoms with E-state index >= 15 is 0 Å². The van der Waals surface area contributed by atoms with Gasteiger partial charge in [0, 0.05) is 30.5 Å². The van der Waals surface area contributed by atoms with E-state index in [1.54, 1.807) is 0 Å². The molecule has 0 aromatic carbocycles. The Morgan fingerprint density at radius 2 is 1.86 bits per heavy atom. The van der Waals surface area contributed by atoms with Gasteiger partial charge in [0.1, 0.15) is 11.4 Å². The molecule has 0 atom stereocenters. The molecule has 0 bridgehead atoms. The van der Waals surface area contributed by atoms with Crippen molar-refractivity contribution in [3.05, 3.63) is 29.2 Å². The second kappa shape index (κ2) is 7.92. The summed E-state index contributed by atoms with van der Waals surface area (Å²) in [5, 5.41) is 0. The van der Waals surface area contributed by atoms with Crippen LogP contribution in [0.15, 0.2) is 18.0 Å². The third-order valence-electron chi connectivity index (χ3n) is 7.02. The van der Waals surface area contributed by atoms with Crippen molar-refractivity contribution < 1.29 is 14.0 Å². The van der Waals surface area contributed by atoms with Crippen molar-refractivity contribution in [2.45, 2.75) is 86.3 Å². The number of nitrogens with zero attached hydrogens (tertiary/aromatic N) is 2. The Morgan fingerprint density at radius 1 is 1.21 bits per heavy atom. The van der Waals surface area contributed by atoms with Gasteiger partial charge < -0.3 is 13.7 Å². The van der Waals surface area contributed by atoms with Crippen LogP contribution in [-0.4, -0.2) is 33.7 Å². The summed E-state index contributed by atoms with van der Waals surface area (Å²) in [7, 11) is 0. The zero-order valence-corrected chi connectivity index (χ0v) is 18.7. The van der Waals surface area contributed by atoms with Gasteiger partial charge in [-0.25, -0.2) is 4.79 Å². The molecule has 0 spiro atoms. The molecule has 0 saturated carbocycles. The zero-order chi connectivity index (χ0) is 20.5. The average molecular weight is 384 g/mol. The summed E-state index contributed by atoms with van der Waals surface area (Å²) in [5.74, 6) is -0.209. The first-order chi connectivity index (χ1) is 13.3. The predicted molar refractivity (Wildman–Crippen MR) is 118 cm³/mol. The third kappa shape index (κ3) is 3.37. The first kappa shape index (κ1) is 20.9. The molecular weight excluding hydrogens is 347 g/mol. The van der Waals surface area contributed by atoms with E-state index < -0.39 is 6.42 Å². The number of fused-ring (bicyclic) bond motifs is 2. The van der Waals surface area contributed by atoms with Gasteiger partial charge in [0.25, 0.3) is 0 Å². The summed E-state index contributed by atoms with van der Waals surface area (Å²) in [4.78, 5) is 12.4. The molecular formula is C23H37BN2O2. The fraction of sp³-hybridized carbons (Fsp3) is 0.652. The van der Waals surface area contributed by atoms with Crippen LogP contribution in [0.1, 0.15) is 89.7 Å². The van der Waals surface area contributed by atoms with Crippen LogP contribution in [0, 0.1) is 5.41 Å². The average Bonchev–Trinajstić information content (AvgIpc) is 3.17. The van der Waals surface area contributed by atoms with Crippen molar-refractivity contribution in [1.82, 2.24) is 4.48 Å². The summed E-state index contributed by atoms with van der Waals surface area (Å²) in [6.07, 6.45) is 11.6. The molecule has 0 saturated heterocycles. The number of esters is 1. The van der Waals surface area contributed by atoms with Crippen molar-refractivity contribution >= 4 is 24.2 Å². The van der Waals surface area contributed by atoms with Gasteiger partial charge in [0.15, 0.2) is 0 Å².